The Morgan fingerprint density at radius 1 is 1.13 bits per heavy atom. The van der Waals surface area contributed by atoms with E-state index in [1.807, 2.05) is 13.8 Å². The second-order valence-corrected chi connectivity index (χ2v) is 9.09. The van der Waals surface area contributed by atoms with Gasteiger partial charge in [0.15, 0.2) is 6.61 Å². The molecule has 0 bridgehead atoms. The van der Waals surface area contributed by atoms with Crippen LogP contribution in [-0.2, 0) is 29.1 Å². The van der Waals surface area contributed by atoms with E-state index >= 15 is 0 Å². The molecule has 0 saturated carbocycles. The summed E-state index contributed by atoms with van der Waals surface area (Å²) in [6.45, 7) is 8.76. The number of amides is 1. The van der Waals surface area contributed by atoms with Crippen molar-refractivity contribution in [2.75, 3.05) is 32.8 Å². The summed E-state index contributed by atoms with van der Waals surface area (Å²) in [5.41, 5.74) is 0.646. The molecule has 2 rings (SSSR count). The van der Waals surface area contributed by atoms with Crippen LogP contribution < -0.4 is 0 Å². The number of rotatable bonds is 8. The third-order valence-electron chi connectivity index (χ3n) is 4.75. The first-order chi connectivity index (χ1) is 14.2. The van der Waals surface area contributed by atoms with E-state index in [1.54, 1.807) is 30.9 Å². The minimum atomic E-state index is -3.52. The van der Waals surface area contributed by atoms with Crippen molar-refractivity contribution in [2.24, 2.45) is 0 Å². The van der Waals surface area contributed by atoms with Gasteiger partial charge in [-0.05, 0) is 37.6 Å². The fourth-order valence-electron chi connectivity index (χ4n) is 3.28. The first-order valence-electron chi connectivity index (χ1n) is 10.1. The second kappa shape index (κ2) is 10.7. The Morgan fingerprint density at radius 2 is 1.70 bits per heavy atom. The van der Waals surface area contributed by atoms with E-state index in [0.717, 1.165) is 0 Å². The van der Waals surface area contributed by atoms with Crippen molar-refractivity contribution in [1.82, 2.24) is 9.21 Å². The van der Waals surface area contributed by atoms with Gasteiger partial charge in [0.05, 0.1) is 17.1 Å². The van der Waals surface area contributed by atoms with Gasteiger partial charge >= 0.3 is 5.97 Å². The van der Waals surface area contributed by atoms with Crippen LogP contribution in [0.5, 0.6) is 0 Å². The molecule has 1 amide bonds. The van der Waals surface area contributed by atoms with Crippen molar-refractivity contribution in [2.45, 2.75) is 44.8 Å². The second-order valence-electron chi connectivity index (χ2n) is 7.16. The number of esters is 1. The van der Waals surface area contributed by atoms with Crippen LogP contribution in [-0.4, -0.2) is 74.5 Å². The molecule has 0 radical (unpaired) electrons. The number of hydrogen-bond donors (Lipinski definition) is 0. The lowest BCUT2D eigenvalue weighted by Crippen LogP contribution is -2.49. The van der Waals surface area contributed by atoms with Crippen LogP contribution in [0.1, 0.15) is 33.3 Å². The number of ether oxygens (including phenoxy) is 2. The monoisotopic (exact) mass is 438 g/mol. The van der Waals surface area contributed by atoms with Crippen molar-refractivity contribution in [3.63, 3.8) is 0 Å². The smallest absolute Gasteiger partial charge is 0.331 e. The van der Waals surface area contributed by atoms with Crippen molar-refractivity contribution in [3.05, 3.63) is 35.9 Å². The van der Waals surface area contributed by atoms with Crippen LogP contribution in [0, 0.1) is 0 Å². The average Bonchev–Trinajstić information content (AvgIpc) is 2.70. The molecule has 1 fully saturated rings. The summed E-state index contributed by atoms with van der Waals surface area (Å²) in [5.74, 6) is -0.901. The Balaban J connectivity index is 1.90. The predicted molar refractivity (Wildman–Crippen MR) is 113 cm³/mol. The summed E-state index contributed by atoms with van der Waals surface area (Å²) < 4.78 is 37.0. The van der Waals surface area contributed by atoms with Gasteiger partial charge in [0.2, 0.25) is 10.0 Å². The van der Waals surface area contributed by atoms with E-state index in [2.05, 4.69) is 0 Å². The summed E-state index contributed by atoms with van der Waals surface area (Å²) >= 11 is 0. The molecule has 0 aliphatic carbocycles. The van der Waals surface area contributed by atoms with Crippen LogP contribution in [0.25, 0.3) is 6.08 Å². The summed E-state index contributed by atoms with van der Waals surface area (Å²) in [4.78, 5) is 26.0. The molecule has 1 heterocycles. The standard InChI is InChI=1S/C21H30N2O6S/c1-5-23(6-2)30(26,27)19-10-7-18(8-11-19)9-12-21(25)28-15-20(24)22-13-16(3)29-17(4)14-22/h7-12,16-17H,5-6,13-15H2,1-4H3. The molecule has 1 aliphatic heterocycles. The Kier molecular flexibility index (Phi) is 8.57. The Morgan fingerprint density at radius 3 is 2.23 bits per heavy atom. The SMILES string of the molecule is CCN(CC)S(=O)(=O)c1ccc(C=CC(=O)OCC(=O)N2CC(C)OC(C)C2)cc1. The van der Waals surface area contributed by atoms with E-state index in [0.29, 0.717) is 31.7 Å². The quantitative estimate of drug-likeness (QED) is 0.455. The lowest BCUT2D eigenvalue weighted by Gasteiger charge is -2.35. The number of morpholine rings is 1. The number of nitrogens with zero attached hydrogens (tertiary/aromatic N) is 2. The van der Waals surface area contributed by atoms with Gasteiger partial charge in [-0.1, -0.05) is 26.0 Å². The molecular formula is C21H30N2O6S. The van der Waals surface area contributed by atoms with Gasteiger partial charge in [-0.25, -0.2) is 13.2 Å². The van der Waals surface area contributed by atoms with Crippen molar-refractivity contribution < 1.29 is 27.5 Å². The highest BCUT2D eigenvalue weighted by molar-refractivity contribution is 7.89. The number of benzene rings is 1. The highest BCUT2D eigenvalue weighted by atomic mass is 32.2. The Bertz CT molecular complexity index is 852. The van der Waals surface area contributed by atoms with Gasteiger partial charge in [0.25, 0.3) is 5.91 Å². The predicted octanol–water partition coefficient (Wildman–Crippen LogP) is 1.91. The first-order valence-corrected chi connectivity index (χ1v) is 11.5. The normalized spacial score (nSPS) is 20.0. The molecule has 0 N–H and O–H groups in total. The van der Waals surface area contributed by atoms with E-state index in [-0.39, 0.29) is 29.6 Å². The lowest BCUT2D eigenvalue weighted by atomic mass is 10.2. The highest BCUT2D eigenvalue weighted by Gasteiger charge is 2.26. The van der Waals surface area contributed by atoms with Gasteiger partial charge in [-0.15, -0.1) is 0 Å². The molecule has 9 heteroatoms. The molecule has 0 aromatic heterocycles. The van der Waals surface area contributed by atoms with E-state index in [4.69, 9.17) is 9.47 Å². The Labute approximate surface area is 178 Å². The van der Waals surface area contributed by atoms with Crippen LogP contribution in [0.2, 0.25) is 0 Å². The lowest BCUT2D eigenvalue weighted by molar-refractivity contribution is -0.154. The van der Waals surface area contributed by atoms with Crippen molar-refractivity contribution >= 4 is 28.0 Å². The zero-order chi connectivity index (χ0) is 22.3. The summed E-state index contributed by atoms with van der Waals surface area (Å²) in [6, 6.07) is 6.23. The molecule has 30 heavy (non-hydrogen) atoms. The minimum Gasteiger partial charge on any atom is -0.452 e. The number of hydrogen-bond acceptors (Lipinski definition) is 6. The van der Waals surface area contributed by atoms with Gasteiger partial charge in [-0.2, -0.15) is 4.31 Å². The molecule has 1 saturated heterocycles. The van der Waals surface area contributed by atoms with Crippen LogP contribution in [0.3, 0.4) is 0 Å². The van der Waals surface area contributed by atoms with Crippen LogP contribution >= 0.6 is 0 Å². The first kappa shape index (κ1) is 24.0. The molecule has 2 unspecified atom stereocenters. The summed E-state index contributed by atoms with van der Waals surface area (Å²) in [6.07, 6.45) is 2.62. The van der Waals surface area contributed by atoms with E-state index in [1.165, 1.54) is 28.6 Å². The van der Waals surface area contributed by atoms with Crippen LogP contribution in [0.15, 0.2) is 35.2 Å². The average molecular weight is 439 g/mol. The largest absolute Gasteiger partial charge is 0.452 e. The zero-order valence-electron chi connectivity index (χ0n) is 17.9. The van der Waals surface area contributed by atoms with Crippen LogP contribution in [0.4, 0.5) is 0 Å². The molecule has 2 atom stereocenters. The highest BCUT2D eigenvalue weighted by Crippen LogP contribution is 2.17. The molecule has 8 nitrogen and oxygen atoms in total. The Hall–Kier alpha value is -2.23. The van der Waals surface area contributed by atoms with Gasteiger partial charge in [0.1, 0.15) is 0 Å². The van der Waals surface area contributed by atoms with E-state index in [9.17, 15) is 18.0 Å². The number of carbonyl (C=O) groups is 2. The molecular weight excluding hydrogens is 408 g/mol. The minimum absolute atomic E-state index is 0.0539. The van der Waals surface area contributed by atoms with Crippen molar-refractivity contribution in [1.29, 1.82) is 0 Å². The number of sulfonamides is 1. The molecule has 1 aromatic rings. The molecule has 0 spiro atoms. The maximum Gasteiger partial charge on any atom is 0.331 e. The molecule has 1 aromatic carbocycles. The number of carbonyl (C=O) groups excluding carboxylic acids is 2. The maximum absolute atomic E-state index is 12.5. The van der Waals surface area contributed by atoms with E-state index < -0.39 is 16.0 Å². The van der Waals surface area contributed by atoms with Gasteiger partial charge in [-0.3, -0.25) is 4.79 Å². The van der Waals surface area contributed by atoms with Gasteiger partial charge < -0.3 is 14.4 Å². The molecule has 166 valence electrons. The van der Waals surface area contributed by atoms with Crippen molar-refractivity contribution in [3.8, 4) is 0 Å². The van der Waals surface area contributed by atoms with Gasteiger partial charge in [0, 0.05) is 32.3 Å². The topological polar surface area (TPSA) is 93.2 Å². The summed E-state index contributed by atoms with van der Waals surface area (Å²) in [5, 5.41) is 0. The zero-order valence-corrected chi connectivity index (χ0v) is 18.7. The maximum atomic E-state index is 12.5. The third-order valence-corrected chi connectivity index (χ3v) is 6.81. The molecule has 1 aliphatic rings. The fraction of sp³-hybridized carbons (Fsp3) is 0.524. The summed E-state index contributed by atoms with van der Waals surface area (Å²) in [7, 11) is -3.52. The fourth-order valence-corrected chi connectivity index (χ4v) is 4.74. The third kappa shape index (κ3) is 6.38.